The van der Waals surface area contributed by atoms with E-state index in [0.717, 1.165) is 43.7 Å². The van der Waals surface area contributed by atoms with E-state index in [1.165, 1.54) is 25.7 Å². The lowest BCUT2D eigenvalue weighted by Gasteiger charge is -2.28. The summed E-state index contributed by atoms with van der Waals surface area (Å²) < 4.78 is 77.6. The molecule has 1 aliphatic rings. The quantitative estimate of drug-likeness (QED) is 0.324. The van der Waals surface area contributed by atoms with Crippen molar-refractivity contribution in [3.05, 3.63) is 34.9 Å². The minimum Gasteiger partial charge on any atom is -0.166 e. The van der Waals surface area contributed by atoms with Crippen LogP contribution in [0.5, 0.6) is 0 Å². The highest BCUT2D eigenvalue weighted by atomic mass is 19.4. The molecule has 0 nitrogen and oxygen atoms in total. The van der Waals surface area contributed by atoms with Crippen LogP contribution in [0.1, 0.15) is 81.4 Å². The smallest absolute Gasteiger partial charge is 0.166 e. The number of aryl methyl sites for hydroxylation is 1. The number of hydrogen-bond acceptors (Lipinski definition) is 0. The van der Waals surface area contributed by atoms with E-state index in [1.807, 2.05) is 0 Å². The molecular formula is C21H28F6. The van der Waals surface area contributed by atoms with Gasteiger partial charge in [-0.1, -0.05) is 58.3 Å². The monoisotopic (exact) mass is 394 g/mol. The van der Waals surface area contributed by atoms with Gasteiger partial charge in [0.1, 0.15) is 0 Å². The lowest BCUT2D eigenvalue weighted by molar-refractivity contribution is -0.143. The summed E-state index contributed by atoms with van der Waals surface area (Å²) in [6, 6.07) is 1.93. The number of hydrogen-bond donors (Lipinski definition) is 0. The van der Waals surface area contributed by atoms with Crippen LogP contribution in [0, 0.1) is 11.8 Å². The van der Waals surface area contributed by atoms with E-state index in [2.05, 4.69) is 6.92 Å². The van der Waals surface area contributed by atoms with Crippen molar-refractivity contribution in [3.8, 4) is 0 Å². The van der Waals surface area contributed by atoms with Crippen LogP contribution < -0.4 is 0 Å². The third-order valence-corrected chi connectivity index (χ3v) is 5.67. The molecule has 154 valence electrons. The lowest BCUT2D eigenvalue weighted by Crippen LogP contribution is -2.16. The first-order valence-corrected chi connectivity index (χ1v) is 9.88. The first kappa shape index (κ1) is 22.1. The fourth-order valence-electron chi connectivity index (χ4n) is 4.03. The average Bonchev–Trinajstić information content (AvgIpc) is 2.59. The molecule has 1 aromatic carbocycles. The van der Waals surface area contributed by atoms with Gasteiger partial charge in [0.15, 0.2) is 0 Å². The van der Waals surface area contributed by atoms with Gasteiger partial charge in [0.2, 0.25) is 0 Å². The second kappa shape index (κ2) is 9.33. The molecule has 0 N–H and O–H groups in total. The zero-order valence-electron chi connectivity index (χ0n) is 15.7. The number of unbranched alkanes of at least 4 members (excludes halogenated alkanes) is 2. The molecule has 0 bridgehead atoms. The highest BCUT2D eigenvalue weighted by Crippen LogP contribution is 2.38. The average molecular weight is 394 g/mol. The predicted octanol–water partition coefficient (Wildman–Crippen LogP) is 8.04. The molecule has 0 spiro atoms. The molecule has 0 saturated heterocycles. The van der Waals surface area contributed by atoms with Gasteiger partial charge in [0, 0.05) is 0 Å². The standard InChI is InChI=1S/C21H28F6/c1-2-3-4-5-15-6-8-16(9-7-15)10-11-17-12-18(20(22,23)24)14-19(13-17)21(25,26)27/h12-16H,2-11H2,1H3. The molecule has 0 aliphatic heterocycles. The second-order valence-electron chi connectivity index (χ2n) is 7.84. The number of rotatable bonds is 7. The van der Waals surface area contributed by atoms with Gasteiger partial charge in [0.25, 0.3) is 0 Å². The van der Waals surface area contributed by atoms with Gasteiger partial charge in [-0.15, -0.1) is 0 Å². The van der Waals surface area contributed by atoms with Crippen LogP contribution in [0.4, 0.5) is 26.3 Å². The minimum absolute atomic E-state index is 0.127. The fourth-order valence-corrected chi connectivity index (χ4v) is 4.03. The van der Waals surface area contributed by atoms with E-state index in [-0.39, 0.29) is 18.1 Å². The molecule has 1 fully saturated rings. The summed E-state index contributed by atoms with van der Waals surface area (Å²) in [4.78, 5) is 0. The summed E-state index contributed by atoms with van der Waals surface area (Å²) in [5.41, 5.74) is -2.30. The van der Waals surface area contributed by atoms with Crippen LogP contribution in [0.3, 0.4) is 0 Å². The SMILES string of the molecule is CCCCCC1CCC(CCc2cc(C(F)(F)F)cc(C(F)(F)F)c2)CC1. The first-order chi connectivity index (χ1) is 12.6. The van der Waals surface area contributed by atoms with Gasteiger partial charge in [-0.25, -0.2) is 0 Å². The lowest BCUT2D eigenvalue weighted by atomic mass is 9.77. The van der Waals surface area contributed by atoms with Gasteiger partial charge in [-0.2, -0.15) is 26.3 Å². The molecule has 0 radical (unpaired) electrons. The van der Waals surface area contributed by atoms with Crippen LogP contribution >= 0.6 is 0 Å². The van der Waals surface area contributed by atoms with Crippen molar-refractivity contribution in [2.45, 2.75) is 83.5 Å². The highest BCUT2D eigenvalue weighted by Gasteiger charge is 2.36. The Bertz CT molecular complexity index is 547. The maximum atomic E-state index is 12.9. The van der Waals surface area contributed by atoms with Crippen molar-refractivity contribution in [1.29, 1.82) is 0 Å². The van der Waals surface area contributed by atoms with Crippen LogP contribution in [0.15, 0.2) is 18.2 Å². The maximum absolute atomic E-state index is 12.9. The zero-order valence-corrected chi connectivity index (χ0v) is 15.7. The van der Waals surface area contributed by atoms with Crippen LogP contribution in [0.2, 0.25) is 0 Å². The van der Waals surface area contributed by atoms with Gasteiger partial charge >= 0.3 is 12.4 Å². The van der Waals surface area contributed by atoms with E-state index in [1.54, 1.807) is 0 Å². The van der Waals surface area contributed by atoms with E-state index in [9.17, 15) is 26.3 Å². The Kier molecular flexibility index (Phi) is 7.64. The minimum atomic E-state index is -4.77. The van der Waals surface area contributed by atoms with Crippen molar-refractivity contribution in [3.63, 3.8) is 0 Å². The number of benzene rings is 1. The van der Waals surface area contributed by atoms with Crippen molar-refractivity contribution in [2.75, 3.05) is 0 Å². The Morgan fingerprint density at radius 2 is 1.22 bits per heavy atom. The molecular weight excluding hydrogens is 366 g/mol. The number of alkyl halides is 6. The van der Waals surface area contributed by atoms with Crippen molar-refractivity contribution in [1.82, 2.24) is 0 Å². The second-order valence-corrected chi connectivity index (χ2v) is 7.84. The molecule has 1 saturated carbocycles. The van der Waals surface area contributed by atoms with Crippen LogP contribution in [0.25, 0.3) is 0 Å². The van der Waals surface area contributed by atoms with Crippen LogP contribution in [-0.4, -0.2) is 0 Å². The topological polar surface area (TPSA) is 0 Å². The summed E-state index contributed by atoms with van der Waals surface area (Å²) >= 11 is 0. The summed E-state index contributed by atoms with van der Waals surface area (Å²) in [6.07, 6.45) is 0.625. The molecule has 0 aromatic heterocycles. The van der Waals surface area contributed by atoms with Crippen molar-refractivity contribution < 1.29 is 26.3 Å². The summed E-state index contributed by atoms with van der Waals surface area (Å²) in [6.45, 7) is 2.18. The van der Waals surface area contributed by atoms with Crippen molar-refractivity contribution in [2.24, 2.45) is 11.8 Å². The van der Waals surface area contributed by atoms with E-state index >= 15 is 0 Å². The molecule has 1 aliphatic carbocycles. The first-order valence-electron chi connectivity index (χ1n) is 9.88. The third kappa shape index (κ3) is 7.04. The Morgan fingerprint density at radius 1 is 0.741 bits per heavy atom. The predicted molar refractivity (Wildman–Crippen MR) is 94.4 cm³/mol. The fraction of sp³-hybridized carbons (Fsp3) is 0.714. The molecule has 2 rings (SSSR count). The maximum Gasteiger partial charge on any atom is 0.416 e. The molecule has 6 heteroatoms. The van der Waals surface area contributed by atoms with E-state index < -0.39 is 23.5 Å². The molecule has 0 amide bonds. The van der Waals surface area contributed by atoms with Gasteiger partial charge in [-0.05, 0) is 48.4 Å². The van der Waals surface area contributed by atoms with E-state index in [4.69, 9.17) is 0 Å². The zero-order chi connectivity index (χ0) is 20.1. The highest BCUT2D eigenvalue weighted by molar-refractivity contribution is 5.33. The largest absolute Gasteiger partial charge is 0.416 e. The molecule has 0 atom stereocenters. The summed E-state index contributed by atoms with van der Waals surface area (Å²) in [7, 11) is 0. The molecule has 27 heavy (non-hydrogen) atoms. The third-order valence-electron chi connectivity index (χ3n) is 5.67. The molecule has 0 heterocycles. The molecule has 0 unspecified atom stereocenters. The van der Waals surface area contributed by atoms with Gasteiger partial charge in [0.05, 0.1) is 11.1 Å². The Labute approximate surface area is 157 Å². The van der Waals surface area contributed by atoms with Crippen LogP contribution in [-0.2, 0) is 18.8 Å². The normalized spacial score (nSPS) is 21.4. The summed E-state index contributed by atoms with van der Waals surface area (Å²) in [5.74, 6) is 1.13. The number of halogens is 6. The van der Waals surface area contributed by atoms with Crippen molar-refractivity contribution >= 4 is 0 Å². The van der Waals surface area contributed by atoms with Gasteiger partial charge in [-0.3, -0.25) is 0 Å². The Morgan fingerprint density at radius 3 is 1.67 bits per heavy atom. The van der Waals surface area contributed by atoms with Gasteiger partial charge < -0.3 is 0 Å². The molecule has 1 aromatic rings. The Hall–Kier alpha value is -1.20. The summed E-state index contributed by atoms with van der Waals surface area (Å²) in [5, 5.41) is 0. The Balaban J connectivity index is 1.94. The van der Waals surface area contributed by atoms with E-state index in [0.29, 0.717) is 12.3 Å².